The number of esters is 1. The summed E-state index contributed by atoms with van der Waals surface area (Å²) < 4.78 is 5.38. The van der Waals surface area contributed by atoms with Crippen LogP contribution in [0.3, 0.4) is 0 Å². The van der Waals surface area contributed by atoms with E-state index in [1.54, 1.807) is 6.92 Å². The molecule has 0 aromatic heterocycles. The SMILES string of the molecule is CCC(=O)Oc1ccc(N(c2ccc(C)cc2)c2ccc(/C=N/N(c3ccccc3)c3ccccc3)cc2)cc1. The number of benzene rings is 5. The highest BCUT2D eigenvalue weighted by Crippen LogP contribution is 2.35. The molecule has 0 spiro atoms. The third-order valence-electron chi connectivity index (χ3n) is 6.38. The van der Waals surface area contributed by atoms with Crippen LogP contribution in [0.15, 0.2) is 139 Å². The molecule has 5 heteroatoms. The van der Waals surface area contributed by atoms with Gasteiger partial charge in [0.2, 0.25) is 0 Å². The van der Waals surface area contributed by atoms with E-state index in [2.05, 4.69) is 60.4 Å². The van der Waals surface area contributed by atoms with Crippen LogP contribution in [0.1, 0.15) is 24.5 Å². The number of hydrogen-bond donors (Lipinski definition) is 0. The lowest BCUT2D eigenvalue weighted by Gasteiger charge is -2.26. The van der Waals surface area contributed by atoms with Crippen LogP contribution in [0.4, 0.5) is 28.4 Å². The minimum absolute atomic E-state index is 0.251. The van der Waals surface area contributed by atoms with Crippen molar-refractivity contribution in [2.24, 2.45) is 5.10 Å². The fraction of sp³-hybridized carbons (Fsp3) is 0.0857. The van der Waals surface area contributed by atoms with Gasteiger partial charge in [0.05, 0.1) is 17.6 Å². The van der Waals surface area contributed by atoms with Crippen molar-refractivity contribution in [2.75, 3.05) is 9.91 Å². The summed E-state index contributed by atoms with van der Waals surface area (Å²) in [6.07, 6.45) is 2.21. The quantitative estimate of drug-likeness (QED) is 0.0834. The highest BCUT2D eigenvalue weighted by atomic mass is 16.5. The Hall–Kier alpha value is -5.16. The van der Waals surface area contributed by atoms with Crippen LogP contribution in [-0.2, 0) is 4.79 Å². The number of rotatable bonds is 9. The van der Waals surface area contributed by atoms with Crippen molar-refractivity contribution in [3.63, 3.8) is 0 Å². The molecular formula is C35H31N3O2. The summed E-state index contributed by atoms with van der Waals surface area (Å²) >= 11 is 0. The van der Waals surface area contributed by atoms with E-state index in [0.29, 0.717) is 12.2 Å². The highest BCUT2D eigenvalue weighted by Gasteiger charge is 2.13. The van der Waals surface area contributed by atoms with Crippen molar-refractivity contribution in [2.45, 2.75) is 20.3 Å². The Balaban J connectivity index is 1.44. The maximum atomic E-state index is 11.7. The lowest BCUT2D eigenvalue weighted by molar-refractivity contribution is -0.134. The largest absolute Gasteiger partial charge is 0.427 e. The van der Waals surface area contributed by atoms with E-state index in [1.807, 2.05) is 96.2 Å². The fourth-order valence-electron chi connectivity index (χ4n) is 4.26. The predicted molar refractivity (Wildman–Crippen MR) is 164 cm³/mol. The Kier molecular flexibility index (Phi) is 8.32. The number of hydrogen-bond acceptors (Lipinski definition) is 5. The average Bonchev–Trinajstić information content (AvgIpc) is 3.01. The van der Waals surface area contributed by atoms with Crippen LogP contribution >= 0.6 is 0 Å². The standard InChI is InChI=1S/C35H31N3O2/c1-3-35(39)40-34-24-22-31(23-25-34)37(29-18-14-27(2)15-19-29)30-20-16-28(17-21-30)26-36-38(32-10-6-4-7-11-32)33-12-8-5-9-13-33/h4-26H,3H2,1-2H3/b36-26+. The molecule has 0 atom stereocenters. The Morgan fingerprint density at radius 2 is 1.12 bits per heavy atom. The summed E-state index contributed by atoms with van der Waals surface area (Å²) in [6.45, 7) is 3.86. The first-order chi connectivity index (χ1) is 19.6. The first-order valence-corrected chi connectivity index (χ1v) is 13.3. The van der Waals surface area contributed by atoms with Gasteiger partial charge in [0, 0.05) is 23.5 Å². The van der Waals surface area contributed by atoms with Crippen molar-refractivity contribution < 1.29 is 9.53 Å². The van der Waals surface area contributed by atoms with Crippen molar-refractivity contribution in [1.29, 1.82) is 0 Å². The molecule has 5 rings (SSSR count). The minimum atomic E-state index is -0.251. The van der Waals surface area contributed by atoms with Crippen LogP contribution in [-0.4, -0.2) is 12.2 Å². The van der Waals surface area contributed by atoms with E-state index in [0.717, 1.165) is 34.0 Å². The maximum absolute atomic E-state index is 11.7. The fourth-order valence-corrected chi connectivity index (χ4v) is 4.26. The predicted octanol–water partition coefficient (Wildman–Crippen LogP) is 8.95. The zero-order valence-corrected chi connectivity index (χ0v) is 22.6. The summed E-state index contributed by atoms with van der Waals surface area (Å²) in [5.74, 6) is 0.283. The van der Waals surface area contributed by atoms with Crippen LogP contribution in [0.2, 0.25) is 0 Å². The van der Waals surface area contributed by atoms with Gasteiger partial charge in [0.15, 0.2) is 0 Å². The van der Waals surface area contributed by atoms with Gasteiger partial charge < -0.3 is 9.64 Å². The van der Waals surface area contributed by atoms with Gasteiger partial charge in [-0.25, -0.2) is 5.01 Å². The summed E-state index contributed by atoms with van der Waals surface area (Å²) in [4.78, 5) is 13.9. The molecule has 5 aromatic carbocycles. The van der Waals surface area contributed by atoms with E-state index in [-0.39, 0.29) is 5.97 Å². The first-order valence-electron chi connectivity index (χ1n) is 13.3. The molecule has 0 amide bonds. The molecule has 0 unspecified atom stereocenters. The molecule has 0 saturated carbocycles. The molecule has 0 fully saturated rings. The molecule has 0 saturated heterocycles. The Labute approximate surface area is 235 Å². The summed E-state index contributed by atoms with van der Waals surface area (Å²) in [5.41, 5.74) is 7.14. The van der Waals surface area contributed by atoms with E-state index < -0.39 is 0 Å². The van der Waals surface area contributed by atoms with Crippen molar-refractivity contribution >= 4 is 40.6 Å². The number of carbonyl (C=O) groups is 1. The van der Waals surface area contributed by atoms with Gasteiger partial charge in [-0.15, -0.1) is 0 Å². The van der Waals surface area contributed by atoms with Crippen LogP contribution in [0.5, 0.6) is 5.75 Å². The second kappa shape index (κ2) is 12.6. The lowest BCUT2D eigenvalue weighted by atomic mass is 10.1. The van der Waals surface area contributed by atoms with Gasteiger partial charge in [0.25, 0.3) is 0 Å². The van der Waals surface area contributed by atoms with E-state index in [9.17, 15) is 4.79 Å². The monoisotopic (exact) mass is 525 g/mol. The molecule has 5 nitrogen and oxygen atoms in total. The Morgan fingerprint density at radius 1 is 0.650 bits per heavy atom. The Bertz CT molecular complexity index is 1510. The molecule has 5 aromatic rings. The van der Waals surface area contributed by atoms with Crippen LogP contribution in [0.25, 0.3) is 0 Å². The summed E-state index contributed by atoms with van der Waals surface area (Å²) in [7, 11) is 0. The lowest BCUT2D eigenvalue weighted by Crippen LogP contribution is -2.11. The Morgan fingerprint density at radius 3 is 1.62 bits per heavy atom. The topological polar surface area (TPSA) is 45.1 Å². The van der Waals surface area contributed by atoms with Gasteiger partial charge in [-0.05, 0) is 85.3 Å². The summed E-state index contributed by atoms with van der Waals surface area (Å²) in [6, 6.07) is 44.5. The normalized spacial score (nSPS) is 10.8. The van der Waals surface area contributed by atoms with E-state index in [4.69, 9.17) is 9.84 Å². The third kappa shape index (κ3) is 6.45. The number of para-hydroxylation sites is 2. The molecule has 0 N–H and O–H groups in total. The highest BCUT2D eigenvalue weighted by molar-refractivity contribution is 5.84. The van der Waals surface area contributed by atoms with E-state index >= 15 is 0 Å². The first kappa shape index (κ1) is 26.4. The molecule has 40 heavy (non-hydrogen) atoms. The molecule has 0 aliphatic heterocycles. The number of anilines is 5. The summed E-state index contributed by atoms with van der Waals surface area (Å²) in [5, 5.41) is 6.76. The molecule has 198 valence electrons. The minimum Gasteiger partial charge on any atom is -0.427 e. The average molecular weight is 526 g/mol. The van der Waals surface area contributed by atoms with Gasteiger partial charge in [-0.1, -0.05) is 73.2 Å². The van der Waals surface area contributed by atoms with Crippen molar-refractivity contribution in [1.82, 2.24) is 0 Å². The van der Waals surface area contributed by atoms with E-state index in [1.165, 1.54) is 5.56 Å². The van der Waals surface area contributed by atoms with Gasteiger partial charge in [-0.2, -0.15) is 5.10 Å². The second-order valence-corrected chi connectivity index (χ2v) is 9.31. The molecule has 0 bridgehead atoms. The number of nitrogens with zero attached hydrogens (tertiary/aromatic N) is 3. The maximum Gasteiger partial charge on any atom is 0.310 e. The van der Waals surface area contributed by atoms with Crippen molar-refractivity contribution in [3.8, 4) is 5.75 Å². The van der Waals surface area contributed by atoms with Crippen LogP contribution < -0.4 is 14.6 Å². The van der Waals surface area contributed by atoms with Gasteiger partial charge in [0.1, 0.15) is 5.75 Å². The number of carbonyl (C=O) groups excluding carboxylic acids is 1. The molecule has 0 aliphatic carbocycles. The van der Waals surface area contributed by atoms with Gasteiger partial charge in [-0.3, -0.25) is 4.79 Å². The second-order valence-electron chi connectivity index (χ2n) is 9.31. The van der Waals surface area contributed by atoms with Crippen molar-refractivity contribution in [3.05, 3.63) is 145 Å². The number of hydrazone groups is 1. The third-order valence-corrected chi connectivity index (χ3v) is 6.38. The zero-order valence-electron chi connectivity index (χ0n) is 22.6. The van der Waals surface area contributed by atoms with Crippen LogP contribution in [0, 0.1) is 6.92 Å². The molecule has 0 heterocycles. The smallest absolute Gasteiger partial charge is 0.310 e. The zero-order chi connectivity index (χ0) is 27.7. The number of ether oxygens (including phenoxy) is 1. The van der Waals surface area contributed by atoms with Gasteiger partial charge >= 0.3 is 5.97 Å². The molecule has 0 aliphatic rings. The molecular weight excluding hydrogens is 494 g/mol. The number of aryl methyl sites for hydroxylation is 1. The molecule has 0 radical (unpaired) electrons.